The van der Waals surface area contributed by atoms with Crippen LogP contribution in [-0.4, -0.2) is 31.2 Å². The van der Waals surface area contributed by atoms with E-state index in [1.807, 2.05) is 0 Å². The molecule has 0 unspecified atom stereocenters. The summed E-state index contributed by atoms with van der Waals surface area (Å²) >= 11 is 0. The third kappa shape index (κ3) is 4.08. The van der Waals surface area contributed by atoms with Crippen LogP contribution in [0.15, 0.2) is 42.5 Å². The van der Waals surface area contributed by atoms with Gasteiger partial charge in [0.15, 0.2) is 0 Å². The lowest BCUT2D eigenvalue weighted by Crippen LogP contribution is -2.21. The highest BCUT2D eigenvalue weighted by atomic mass is 19.1. The van der Waals surface area contributed by atoms with Gasteiger partial charge < -0.3 is 14.8 Å². The number of carbonyl (C=O) groups is 2. The first kappa shape index (κ1) is 18.1. The van der Waals surface area contributed by atoms with Gasteiger partial charge in [0.1, 0.15) is 12.4 Å². The van der Waals surface area contributed by atoms with Crippen molar-refractivity contribution < 1.29 is 23.5 Å². The Balaban J connectivity index is 1.77. The standard InChI is InChI=1S/C20H20FNO4/c1-13-6-4-9-16(20(24)26-12-14-7-5-11-25-14)18(13)22-19(23)15-8-2-3-10-17(15)21/h2-4,6,8-10,14H,5,7,11-12H2,1H3,(H,22,23)/t14-/m0/s1. The highest BCUT2D eigenvalue weighted by Crippen LogP contribution is 2.23. The van der Waals surface area contributed by atoms with Crippen molar-refractivity contribution in [2.24, 2.45) is 0 Å². The van der Waals surface area contributed by atoms with Crippen LogP contribution < -0.4 is 5.32 Å². The van der Waals surface area contributed by atoms with E-state index >= 15 is 0 Å². The SMILES string of the molecule is Cc1cccc(C(=O)OC[C@@H]2CCCO2)c1NC(=O)c1ccccc1F. The van der Waals surface area contributed by atoms with E-state index in [1.165, 1.54) is 18.2 Å². The van der Waals surface area contributed by atoms with Gasteiger partial charge in [-0.2, -0.15) is 0 Å². The minimum atomic E-state index is -0.624. The fourth-order valence-electron chi connectivity index (χ4n) is 2.85. The average molecular weight is 357 g/mol. The summed E-state index contributed by atoms with van der Waals surface area (Å²) in [6, 6.07) is 10.7. The van der Waals surface area contributed by atoms with Crippen LogP contribution in [0.2, 0.25) is 0 Å². The quantitative estimate of drug-likeness (QED) is 0.829. The van der Waals surface area contributed by atoms with Crippen LogP contribution in [0.25, 0.3) is 0 Å². The molecule has 1 aliphatic rings. The molecule has 1 aliphatic heterocycles. The molecule has 0 aliphatic carbocycles. The summed E-state index contributed by atoms with van der Waals surface area (Å²) in [5, 5.41) is 2.63. The molecule has 1 saturated heterocycles. The average Bonchev–Trinajstić information content (AvgIpc) is 3.15. The van der Waals surface area contributed by atoms with Crippen molar-refractivity contribution in [3.05, 3.63) is 65.0 Å². The minimum absolute atomic E-state index is 0.0831. The molecular weight excluding hydrogens is 337 g/mol. The Labute approximate surface area is 151 Å². The topological polar surface area (TPSA) is 64.6 Å². The Morgan fingerprint density at radius 1 is 1.19 bits per heavy atom. The lowest BCUT2D eigenvalue weighted by Gasteiger charge is -2.15. The molecule has 5 nitrogen and oxygen atoms in total. The van der Waals surface area contributed by atoms with Gasteiger partial charge in [0.25, 0.3) is 5.91 Å². The van der Waals surface area contributed by atoms with Crippen molar-refractivity contribution in [1.82, 2.24) is 0 Å². The maximum absolute atomic E-state index is 13.8. The number of para-hydroxylation sites is 1. The zero-order valence-electron chi connectivity index (χ0n) is 14.5. The number of carbonyl (C=O) groups excluding carboxylic acids is 2. The maximum atomic E-state index is 13.8. The number of ether oxygens (including phenoxy) is 2. The molecule has 136 valence electrons. The van der Waals surface area contributed by atoms with Crippen molar-refractivity contribution in [3.63, 3.8) is 0 Å². The van der Waals surface area contributed by atoms with Crippen LogP contribution in [0, 0.1) is 12.7 Å². The zero-order valence-corrected chi connectivity index (χ0v) is 14.5. The third-order valence-electron chi connectivity index (χ3n) is 4.27. The molecule has 1 amide bonds. The number of aryl methyl sites for hydroxylation is 1. The van der Waals surface area contributed by atoms with Crippen LogP contribution in [-0.2, 0) is 9.47 Å². The van der Waals surface area contributed by atoms with Gasteiger partial charge >= 0.3 is 5.97 Å². The van der Waals surface area contributed by atoms with Gasteiger partial charge in [0.2, 0.25) is 0 Å². The largest absolute Gasteiger partial charge is 0.459 e. The Kier molecular flexibility index (Phi) is 5.63. The fourth-order valence-corrected chi connectivity index (χ4v) is 2.85. The van der Waals surface area contributed by atoms with Gasteiger partial charge in [-0.05, 0) is 43.5 Å². The van der Waals surface area contributed by atoms with Gasteiger partial charge in [-0.25, -0.2) is 9.18 Å². The normalized spacial score (nSPS) is 16.3. The van der Waals surface area contributed by atoms with Gasteiger partial charge in [-0.3, -0.25) is 4.79 Å². The Bertz CT molecular complexity index is 815. The maximum Gasteiger partial charge on any atom is 0.340 e. The number of rotatable bonds is 5. The molecular formula is C20H20FNO4. The van der Waals surface area contributed by atoms with Gasteiger partial charge in [0.05, 0.1) is 22.9 Å². The predicted octanol–water partition coefficient (Wildman–Crippen LogP) is 3.72. The van der Waals surface area contributed by atoms with Crippen LogP contribution in [0.4, 0.5) is 10.1 Å². The number of benzene rings is 2. The molecule has 26 heavy (non-hydrogen) atoms. The van der Waals surface area contributed by atoms with E-state index in [4.69, 9.17) is 9.47 Å². The molecule has 0 aromatic heterocycles. The predicted molar refractivity (Wildman–Crippen MR) is 94.8 cm³/mol. The van der Waals surface area contributed by atoms with Gasteiger partial charge in [0, 0.05) is 6.61 Å². The summed E-state index contributed by atoms with van der Waals surface area (Å²) in [4.78, 5) is 24.9. The number of amides is 1. The lowest BCUT2D eigenvalue weighted by atomic mass is 10.1. The molecule has 0 bridgehead atoms. The number of nitrogens with one attached hydrogen (secondary N) is 1. The van der Waals surface area contributed by atoms with Crippen molar-refractivity contribution in [2.45, 2.75) is 25.9 Å². The smallest absolute Gasteiger partial charge is 0.340 e. The van der Waals surface area contributed by atoms with Crippen molar-refractivity contribution in [2.75, 3.05) is 18.5 Å². The third-order valence-corrected chi connectivity index (χ3v) is 4.27. The molecule has 0 spiro atoms. The molecule has 6 heteroatoms. The highest BCUT2D eigenvalue weighted by Gasteiger charge is 2.21. The second kappa shape index (κ2) is 8.10. The van der Waals surface area contributed by atoms with Crippen LogP contribution in [0.3, 0.4) is 0 Å². The van der Waals surface area contributed by atoms with E-state index in [0.717, 1.165) is 12.8 Å². The summed E-state index contributed by atoms with van der Waals surface area (Å²) in [6.45, 7) is 2.61. The summed E-state index contributed by atoms with van der Waals surface area (Å²) in [7, 11) is 0. The van der Waals surface area contributed by atoms with E-state index in [-0.39, 0.29) is 23.8 Å². The van der Waals surface area contributed by atoms with Gasteiger partial charge in [-0.1, -0.05) is 24.3 Å². The minimum Gasteiger partial charge on any atom is -0.459 e. The molecule has 1 N–H and O–H groups in total. The molecule has 2 aromatic rings. The lowest BCUT2D eigenvalue weighted by molar-refractivity contribution is 0.0162. The van der Waals surface area contributed by atoms with Crippen LogP contribution >= 0.6 is 0 Å². The molecule has 2 aromatic carbocycles. The number of anilines is 1. The zero-order chi connectivity index (χ0) is 18.5. The number of halogens is 1. The molecule has 0 radical (unpaired) electrons. The first-order chi connectivity index (χ1) is 12.6. The van der Waals surface area contributed by atoms with Gasteiger partial charge in [-0.15, -0.1) is 0 Å². The first-order valence-electron chi connectivity index (χ1n) is 8.50. The van der Waals surface area contributed by atoms with E-state index in [0.29, 0.717) is 17.9 Å². The summed E-state index contributed by atoms with van der Waals surface area (Å²) < 4.78 is 24.6. The van der Waals surface area contributed by atoms with Crippen LogP contribution in [0.5, 0.6) is 0 Å². The summed E-state index contributed by atoms with van der Waals surface area (Å²) in [6.07, 6.45) is 1.73. The monoisotopic (exact) mass is 357 g/mol. The Hall–Kier alpha value is -2.73. The van der Waals surface area contributed by atoms with Crippen molar-refractivity contribution in [3.8, 4) is 0 Å². The number of hydrogen-bond acceptors (Lipinski definition) is 4. The Morgan fingerprint density at radius 3 is 2.69 bits per heavy atom. The first-order valence-corrected chi connectivity index (χ1v) is 8.50. The summed E-state index contributed by atoms with van der Waals surface area (Å²) in [5.41, 5.74) is 1.14. The Morgan fingerprint density at radius 2 is 1.96 bits per heavy atom. The number of hydrogen-bond donors (Lipinski definition) is 1. The highest BCUT2D eigenvalue weighted by molar-refractivity contribution is 6.08. The van der Waals surface area contributed by atoms with E-state index in [2.05, 4.69) is 5.32 Å². The molecule has 1 fully saturated rings. The van der Waals surface area contributed by atoms with Crippen molar-refractivity contribution in [1.29, 1.82) is 0 Å². The second-order valence-electron chi connectivity index (χ2n) is 6.16. The van der Waals surface area contributed by atoms with E-state index in [9.17, 15) is 14.0 Å². The van der Waals surface area contributed by atoms with Crippen LogP contribution in [0.1, 0.15) is 39.1 Å². The molecule has 1 atom stereocenters. The summed E-state index contributed by atoms with van der Waals surface area (Å²) in [5.74, 6) is -1.79. The molecule has 0 saturated carbocycles. The van der Waals surface area contributed by atoms with E-state index < -0.39 is 17.7 Å². The van der Waals surface area contributed by atoms with E-state index in [1.54, 1.807) is 31.2 Å². The second-order valence-corrected chi connectivity index (χ2v) is 6.16. The fraction of sp³-hybridized carbons (Fsp3) is 0.300. The molecule has 1 heterocycles. The molecule has 3 rings (SSSR count). The number of esters is 1. The van der Waals surface area contributed by atoms with Crippen molar-refractivity contribution >= 4 is 17.6 Å².